The van der Waals surface area contributed by atoms with Crippen molar-refractivity contribution in [1.82, 2.24) is 0 Å². The van der Waals surface area contributed by atoms with Crippen LogP contribution in [0.15, 0.2) is 0 Å². The first-order valence-corrected chi connectivity index (χ1v) is 6.42. The summed E-state index contributed by atoms with van der Waals surface area (Å²) in [7, 11) is 0. The zero-order valence-corrected chi connectivity index (χ0v) is 10.4. The van der Waals surface area contributed by atoms with Crippen molar-refractivity contribution in [2.45, 2.75) is 63.4 Å². The summed E-state index contributed by atoms with van der Waals surface area (Å²) >= 11 is 0. The van der Waals surface area contributed by atoms with Gasteiger partial charge in [0.15, 0.2) is 0 Å². The van der Waals surface area contributed by atoms with E-state index in [1.807, 2.05) is 0 Å². The number of rotatable bonds is 2. The van der Waals surface area contributed by atoms with Crippen LogP contribution in [0.5, 0.6) is 0 Å². The molecule has 92 valence electrons. The molecule has 0 unspecified atom stereocenters. The minimum absolute atomic E-state index is 0.0617. The molecular formula is C13H22O3. The fourth-order valence-electron chi connectivity index (χ4n) is 3.54. The Kier molecular flexibility index (Phi) is 2.21. The SMILES string of the molecule is C[C@H]1[C@@H]2C[C@H](C[C@@]1(O)C[C@@H]1CO1)C(C)(C)O2. The van der Waals surface area contributed by atoms with Crippen LogP contribution in [0.4, 0.5) is 0 Å². The Morgan fingerprint density at radius 3 is 2.69 bits per heavy atom. The third-order valence-electron chi connectivity index (χ3n) is 4.94. The van der Waals surface area contributed by atoms with Gasteiger partial charge in [-0.25, -0.2) is 0 Å². The van der Waals surface area contributed by atoms with E-state index >= 15 is 0 Å². The number of aliphatic hydroxyl groups is 1. The molecule has 1 aliphatic carbocycles. The van der Waals surface area contributed by atoms with Crippen molar-refractivity contribution < 1.29 is 14.6 Å². The fourth-order valence-corrected chi connectivity index (χ4v) is 3.54. The molecule has 2 saturated heterocycles. The Hall–Kier alpha value is -0.120. The maximum Gasteiger partial charge on any atom is 0.0837 e. The summed E-state index contributed by atoms with van der Waals surface area (Å²) in [5.41, 5.74) is -0.629. The number of ether oxygens (including phenoxy) is 2. The summed E-state index contributed by atoms with van der Waals surface area (Å²) < 4.78 is 11.3. The van der Waals surface area contributed by atoms with E-state index in [9.17, 15) is 5.11 Å². The summed E-state index contributed by atoms with van der Waals surface area (Å²) in [6, 6.07) is 0. The van der Waals surface area contributed by atoms with Gasteiger partial charge in [-0.2, -0.15) is 0 Å². The molecule has 3 heteroatoms. The summed E-state index contributed by atoms with van der Waals surface area (Å²) in [5.74, 6) is 0.729. The maximum absolute atomic E-state index is 10.8. The van der Waals surface area contributed by atoms with Crippen molar-refractivity contribution in [2.75, 3.05) is 6.61 Å². The third-order valence-corrected chi connectivity index (χ3v) is 4.94. The molecule has 3 rings (SSSR count). The number of epoxide rings is 1. The summed E-state index contributed by atoms with van der Waals surface area (Å²) in [6.45, 7) is 7.27. The Morgan fingerprint density at radius 2 is 2.06 bits per heavy atom. The second-order valence-corrected chi connectivity index (χ2v) is 6.45. The monoisotopic (exact) mass is 226 g/mol. The van der Waals surface area contributed by atoms with Gasteiger partial charge in [-0.1, -0.05) is 6.92 Å². The fraction of sp³-hybridized carbons (Fsp3) is 1.00. The molecule has 3 aliphatic rings. The van der Waals surface area contributed by atoms with Gasteiger partial charge in [0.05, 0.1) is 30.0 Å². The smallest absolute Gasteiger partial charge is 0.0837 e. The lowest BCUT2D eigenvalue weighted by atomic mass is 9.67. The molecule has 0 spiro atoms. The van der Waals surface area contributed by atoms with Crippen LogP contribution >= 0.6 is 0 Å². The van der Waals surface area contributed by atoms with Crippen LogP contribution in [0.2, 0.25) is 0 Å². The highest BCUT2D eigenvalue weighted by atomic mass is 16.6. The van der Waals surface area contributed by atoms with Crippen LogP contribution in [-0.4, -0.2) is 35.1 Å². The van der Waals surface area contributed by atoms with Gasteiger partial charge in [0, 0.05) is 12.3 Å². The van der Waals surface area contributed by atoms with Gasteiger partial charge >= 0.3 is 0 Å². The van der Waals surface area contributed by atoms with Crippen LogP contribution in [-0.2, 0) is 9.47 Å². The van der Waals surface area contributed by atoms with Crippen LogP contribution in [0.1, 0.15) is 40.0 Å². The van der Waals surface area contributed by atoms with Gasteiger partial charge in [-0.3, -0.25) is 0 Å². The molecule has 0 radical (unpaired) electrons. The van der Waals surface area contributed by atoms with Gasteiger partial charge in [-0.15, -0.1) is 0 Å². The lowest BCUT2D eigenvalue weighted by Gasteiger charge is -2.41. The second kappa shape index (κ2) is 3.21. The van der Waals surface area contributed by atoms with E-state index in [4.69, 9.17) is 9.47 Å². The molecule has 2 bridgehead atoms. The van der Waals surface area contributed by atoms with Crippen molar-refractivity contribution >= 4 is 0 Å². The molecule has 16 heavy (non-hydrogen) atoms. The Labute approximate surface area is 97.1 Å². The molecule has 5 atom stereocenters. The predicted octanol–water partition coefficient (Wildman–Crippen LogP) is 1.73. The first-order chi connectivity index (χ1) is 7.41. The summed E-state index contributed by atoms with van der Waals surface area (Å²) in [5, 5.41) is 10.8. The van der Waals surface area contributed by atoms with E-state index < -0.39 is 5.60 Å². The molecular weight excluding hydrogens is 204 g/mol. The number of hydrogen-bond acceptors (Lipinski definition) is 3. The predicted molar refractivity (Wildman–Crippen MR) is 60.1 cm³/mol. The van der Waals surface area contributed by atoms with Gasteiger partial charge < -0.3 is 14.6 Å². The highest BCUT2D eigenvalue weighted by Gasteiger charge is 2.56. The molecule has 2 heterocycles. The minimum Gasteiger partial charge on any atom is -0.389 e. The van der Waals surface area contributed by atoms with E-state index in [0.717, 1.165) is 25.9 Å². The van der Waals surface area contributed by atoms with Gasteiger partial charge in [-0.05, 0) is 32.6 Å². The largest absolute Gasteiger partial charge is 0.389 e. The van der Waals surface area contributed by atoms with Gasteiger partial charge in [0.1, 0.15) is 0 Å². The Morgan fingerprint density at radius 1 is 1.38 bits per heavy atom. The molecule has 0 amide bonds. The van der Waals surface area contributed by atoms with Gasteiger partial charge in [0.25, 0.3) is 0 Å². The highest BCUT2D eigenvalue weighted by molar-refractivity contribution is 5.06. The summed E-state index contributed by atoms with van der Waals surface area (Å²) in [4.78, 5) is 0. The van der Waals surface area contributed by atoms with E-state index in [1.165, 1.54) is 0 Å². The zero-order chi connectivity index (χ0) is 11.6. The minimum atomic E-state index is -0.567. The molecule has 0 aromatic carbocycles. The van der Waals surface area contributed by atoms with E-state index in [0.29, 0.717) is 12.0 Å². The second-order valence-electron chi connectivity index (χ2n) is 6.45. The normalized spacial score (nSPS) is 54.0. The van der Waals surface area contributed by atoms with Crippen molar-refractivity contribution in [1.29, 1.82) is 0 Å². The average molecular weight is 226 g/mol. The maximum atomic E-state index is 10.8. The van der Waals surface area contributed by atoms with Crippen LogP contribution in [0, 0.1) is 11.8 Å². The lowest BCUT2D eigenvalue weighted by molar-refractivity contribution is -0.0964. The highest BCUT2D eigenvalue weighted by Crippen LogP contribution is 2.52. The quantitative estimate of drug-likeness (QED) is 0.729. The number of hydrogen-bond donors (Lipinski definition) is 1. The first-order valence-electron chi connectivity index (χ1n) is 6.42. The zero-order valence-electron chi connectivity index (χ0n) is 10.4. The van der Waals surface area contributed by atoms with Crippen LogP contribution in [0.3, 0.4) is 0 Å². The van der Waals surface area contributed by atoms with Crippen molar-refractivity contribution in [3.63, 3.8) is 0 Å². The standard InChI is InChI=1S/C13H22O3/c1-8-11-4-9(12(2,3)16-11)5-13(8,14)6-10-7-15-10/h8-11,14H,4-7H2,1-3H3/t8-,9+,10+,11-,13+/m0/s1. The van der Waals surface area contributed by atoms with Crippen molar-refractivity contribution in [2.24, 2.45) is 11.8 Å². The molecule has 1 N–H and O–H groups in total. The Balaban J connectivity index is 1.81. The van der Waals surface area contributed by atoms with Crippen molar-refractivity contribution in [3.05, 3.63) is 0 Å². The van der Waals surface area contributed by atoms with Crippen molar-refractivity contribution in [3.8, 4) is 0 Å². The summed E-state index contributed by atoms with van der Waals surface area (Å²) in [6.07, 6.45) is 3.31. The van der Waals surface area contributed by atoms with E-state index in [1.54, 1.807) is 0 Å². The Bertz CT molecular complexity index is 298. The molecule has 2 aliphatic heterocycles. The molecule has 0 aromatic heterocycles. The average Bonchev–Trinajstić information content (AvgIpc) is 2.91. The molecule has 0 aromatic rings. The lowest BCUT2D eigenvalue weighted by Crippen LogP contribution is -2.47. The topological polar surface area (TPSA) is 42.0 Å². The van der Waals surface area contributed by atoms with E-state index in [-0.39, 0.29) is 17.6 Å². The number of fused-ring (bicyclic) bond motifs is 2. The molecule has 3 nitrogen and oxygen atoms in total. The van der Waals surface area contributed by atoms with Crippen LogP contribution in [0.25, 0.3) is 0 Å². The molecule has 1 saturated carbocycles. The van der Waals surface area contributed by atoms with Gasteiger partial charge in [0.2, 0.25) is 0 Å². The molecule has 3 fully saturated rings. The third kappa shape index (κ3) is 1.60. The van der Waals surface area contributed by atoms with E-state index in [2.05, 4.69) is 20.8 Å². The van der Waals surface area contributed by atoms with Crippen LogP contribution < -0.4 is 0 Å². The first kappa shape index (κ1) is 11.0.